The molecule has 0 saturated carbocycles. The van der Waals surface area contributed by atoms with Crippen molar-refractivity contribution >= 4 is 86.0 Å². The smallest absolute Gasteiger partial charge is 0.235 e. The second kappa shape index (κ2) is 10.1. The average Bonchev–Trinajstić information content (AvgIpc) is 3.82. The highest BCUT2D eigenvalue weighted by atomic mass is 32.1. The van der Waals surface area contributed by atoms with Gasteiger partial charge < -0.3 is 4.57 Å². The fraction of sp³-hybridized carbons (Fsp3) is 0. The molecule has 0 unspecified atom stereocenters. The molecule has 4 aromatic heterocycles. The molecule has 0 aliphatic carbocycles. The molecule has 0 atom stereocenters. The summed E-state index contributed by atoms with van der Waals surface area (Å²) in [7, 11) is 0. The van der Waals surface area contributed by atoms with Crippen molar-refractivity contribution in [3.05, 3.63) is 158 Å². The number of benzene rings is 7. The molecule has 0 radical (unpaired) electrons. The van der Waals surface area contributed by atoms with Gasteiger partial charge in [0.15, 0.2) is 0 Å². The highest BCUT2D eigenvalue weighted by Crippen LogP contribution is 2.47. The number of hydrogen-bond donors (Lipinski definition) is 0. The van der Waals surface area contributed by atoms with E-state index in [0.29, 0.717) is 5.95 Å². The van der Waals surface area contributed by atoms with Gasteiger partial charge in [-0.05, 0) is 41.8 Å². The zero-order valence-electron chi connectivity index (χ0n) is 26.2. The Morgan fingerprint density at radius 3 is 2.00 bits per heavy atom. The first-order valence-corrected chi connectivity index (χ1v) is 17.3. The van der Waals surface area contributed by atoms with Crippen LogP contribution in [0.3, 0.4) is 0 Å². The third-order valence-corrected chi connectivity index (χ3v) is 11.1. The summed E-state index contributed by atoms with van der Waals surface area (Å²) in [5.74, 6) is 0.670. The van der Waals surface area contributed by atoms with Crippen LogP contribution in [0.15, 0.2) is 158 Å². The van der Waals surface area contributed by atoms with Crippen molar-refractivity contribution in [1.29, 1.82) is 0 Å². The topological polar surface area (TPSA) is 35.6 Å². The highest BCUT2D eigenvalue weighted by molar-refractivity contribution is 7.26. The lowest BCUT2D eigenvalue weighted by Gasteiger charge is -2.14. The van der Waals surface area contributed by atoms with Crippen LogP contribution < -0.4 is 0 Å². The minimum atomic E-state index is 0.670. The predicted molar refractivity (Wildman–Crippen MR) is 207 cm³/mol. The molecule has 49 heavy (non-hydrogen) atoms. The van der Waals surface area contributed by atoms with E-state index in [1.165, 1.54) is 42.0 Å². The summed E-state index contributed by atoms with van der Waals surface area (Å²) in [5, 5.41) is 8.18. The summed E-state index contributed by atoms with van der Waals surface area (Å²) in [4.78, 5) is 10.9. The van der Waals surface area contributed by atoms with Crippen molar-refractivity contribution in [2.45, 2.75) is 0 Å². The fourth-order valence-corrected chi connectivity index (χ4v) is 9.06. The number of rotatable bonds is 3. The number of fused-ring (bicyclic) bond motifs is 12. The summed E-state index contributed by atoms with van der Waals surface area (Å²) >= 11 is 1.86. The maximum atomic E-state index is 5.48. The molecule has 228 valence electrons. The molecule has 0 aliphatic heterocycles. The Balaban J connectivity index is 1.37. The third-order valence-electron chi connectivity index (χ3n) is 9.92. The molecule has 0 amide bonds. The zero-order valence-corrected chi connectivity index (χ0v) is 27.0. The molecule has 4 nitrogen and oxygen atoms in total. The van der Waals surface area contributed by atoms with E-state index in [9.17, 15) is 0 Å². The molecular weight excluding hydrogens is 617 g/mol. The normalized spacial score (nSPS) is 12.1. The Labute approximate surface area is 284 Å². The lowest BCUT2D eigenvalue weighted by Crippen LogP contribution is -2.04. The lowest BCUT2D eigenvalue weighted by molar-refractivity contribution is 1.02. The Hall–Kier alpha value is -6.30. The molecule has 0 aliphatic rings. The van der Waals surface area contributed by atoms with Gasteiger partial charge >= 0.3 is 0 Å². The van der Waals surface area contributed by atoms with Gasteiger partial charge in [-0.25, -0.2) is 9.97 Å². The summed E-state index contributed by atoms with van der Waals surface area (Å²) in [5.41, 5.74) is 8.72. The van der Waals surface area contributed by atoms with Gasteiger partial charge in [-0.15, -0.1) is 11.3 Å². The van der Waals surface area contributed by atoms with E-state index in [0.717, 1.165) is 49.7 Å². The molecule has 5 heteroatoms. The lowest BCUT2D eigenvalue weighted by atomic mass is 10.0. The van der Waals surface area contributed by atoms with Crippen molar-refractivity contribution in [2.24, 2.45) is 0 Å². The molecule has 0 saturated heterocycles. The number of para-hydroxylation sites is 2. The summed E-state index contributed by atoms with van der Waals surface area (Å²) in [6.07, 6.45) is 0. The zero-order chi connectivity index (χ0) is 32.1. The first kappa shape index (κ1) is 26.7. The van der Waals surface area contributed by atoms with Crippen molar-refractivity contribution in [3.63, 3.8) is 0 Å². The van der Waals surface area contributed by atoms with Crippen molar-refractivity contribution in [1.82, 2.24) is 19.1 Å². The molecule has 11 rings (SSSR count). The van der Waals surface area contributed by atoms with E-state index in [1.807, 2.05) is 11.3 Å². The van der Waals surface area contributed by atoms with Gasteiger partial charge in [0.25, 0.3) is 0 Å². The molecular formula is C44H26N4S. The van der Waals surface area contributed by atoms with E-state index in [-0.39, 0.29) is 0 Å². The van der Waals surface area contributed by atoms with E-state index < -0.39 is 0 Å². The van der Waals surface area contributed by atoms with Crippen LogP contribution in [0.1, 0.15) is 0 Å². The predicted octanol–water partition coefficient (Wildman–Crippen LogP) is 11.9. The average molecular weight is 643 g/mol. The summed E-state index contributed by atoms with van der Waals surface area (Å²) in [6, 6.07) is 56.2. The van der Waals surface area contributed by atoms with Gasteiger partial charge in [0.1, 0.15) is 0 Å². The second-order valence-electron chi connectivity index (χ2n) is 12.6. The van der Waals surface area contributed by atoms with Gasteiger partial charge in [0.2, 0.25) is 5.95 Å². The minimum absolute atomic E-state index is 0.670. The first-order valence-electron chi connectivity index (χ1n) is 16.5. The van der Waals surface area contributed by atoms with Crippen molar-refractivity contribution < 1.29 is 0 Å². The van der Waals surface area contributed by atoms with Crippen molar-refractivity contribution in [3.8, 4) is 22.9 Å². The van der Waals surface area contributed by atoms with Crippen LogP contribution in [0.25, 0.3) is 97.6 Å². The fourth-order valence-electron chi connectivity index (χ4n) is 7.82. The van der Waals surface area contributed by atoms with E-state index in [4.69, 9.17) is 9.97 Å². The van der Waals surface area contributed by atoms with Crippen LogP contribution in [0.5, 0.6) is 0 Å². The number of nitrogens with zero attached hydrogens (tertiary/aromatic N) is 4. The van der Waals surface area contributed by atoms with Crippen LogP contribution in [0.2, 0.25) is 0 Å². The Kier molecular flexibility index (Phi) is 5.51. The Morgan fingerprint density at radius 1 is 0.449 bits per heavy atom. The van der Waals surface area contributed by atoms with Crippen LogP contribution in [0, 0.1) is 0 Å². The summed E-state index contributed by atoms with van der Waals surface area (Å²) in [6.45, 7) is 0. The van der Waals surface area contributed by atoms with Crippen molar-refractivity contribution in [2.75, 3.05) is 0 Å². The van der Waals surface area contributed by atoms with Crippen LogP contribution in [0.4, 0.5) is 0 Å². The monoisotopic (exact) mass is 642 g/mol. The highest BCUT2D eigenvalue weighted by Gasteiger charge is 2.25. The number of aromatic nitrogens is 4. The molecule has 0 fully saturated rings. The molecule has 4 heterocycles. The Bertz CT molecular complexity index is 3100. The van der Waals surface area contributed by atoms with E-state index >= 15 is 0 Å². The number of hydrogen-bond acceptors (Lipinski definition) is 3. The van der Waals surface area contributed by atoms with Crippen LogP contribution >= 0.6 is 11.3 Å². The van der Waals surface area contributed by atoms with E-state index in [1.54, 1.807) is 0 Å². The minimum Gasteiger partial charge on any atom is -0.308 e. The quantitative estimate of drug-likeness (QED) is 0.180. The third kappa shape index (κ3) is 3.73. The maximum absolute atomic E-state index is 5.48. The molecule has 0 N–H and O–H groups in total. The van der Waals surface area contributed by atoms with E-state index in [2.05, 4.69) is 167 Å². The maximum Gasteiger partial charge on any atom is 0.235 e. The van der Waals surface area contributed by atoms with Crippen LogP contribution in [-0.4, -0.2) is 19.1 Å². The van der Waals surface area contributed by atoms with Crippen LogP contribution in [-0.2, 0) is 0 Å². The first-order chi connectivity index (χ1) is 24.3. The molecule has 0 bridgehead atoms. The summed E-state index contributed by atoms with van der Waals surface area (Å²) < 4.78 is 7.30. The van der Waals surface area contributed by atoms with Gasteiger partial charge in [-0.1, -0.05) is 121 Å². The SMILES string of the molecule is c1ccc(-c2nc(-n3c4ccccc4c4ccc5c(c6sc7ccccc7c6n5-c5ccccc5)c43)nc3c2ccc2ccccc23)cc1. The molecule has 0 spiro atoms. The number of thiophene rings is 1. The van der Waals surface area contributed by atoms with Gasteiger partial charge in [-0.2, -0.15) is 0 Å². The largest absolute Gasteiger partial charge is 0.308 e. The van der Waals surface area contributed by atoms with Gasteiger partial charge in [0, 0.05) is 48.3 Å². The molecule has 11 aromatic rings. The van der Waals surface area contributed by atoms with Gasteiger partial charge in [-0.3, -0.25) is 4.57 Å². The molecule has 7 aromatic carbocycles. The second-order valence-corrected chi connectivity index (χ2v) is 13.6. The standard InChI is InChI=1S/C44H26N4S/c1-3-14-28(15-4-1)39-34-24-23-27-13-7-8-18-30(27)40(34)46-44(45-39)48-35-21-11-9-19-31(35)32-25-26-36-38(41(32)48)43-42(33-20-10-12-22-37(33)49-43)47(36)29-16-5-2-6-17-29/h1-26H. The van der Waals surface area contributed by atoms with Gasteiger partial charge in [0.05, 0.1) is 38.0 Å². The Morgan fingerprint density at radius 2 is 1.14 bits per heavy atom.